The summed E-state index contributed by atoms with van der Waals surface area (Å²) in [5.74, 6) is 1.91. The van der Waals surface area contributed by atoms with Gasteiger partial charge in [0, 0.05) is 18.0 Å². The monoisotopic (exact) mass is 492 g/mol. The van der Waals surface area contributed by atoms with Crippen LogP contribution < -0.4 is 15.8 Å². The summed E-state index contributed by atoms with van der Waals surface area (Å²) in [6.07, 6.45) is 4.38. The highest BCUT2D eigenvalue weighted by molar-refractivity contribution is 14.0. The average molecular weight is 492 g/mol. The largest absolute Gasteiger partial charge is 0.357 e. The molecule has 1 heterocycles. The minimum Gasteiger partial charge on any atom is -0.357 e. The quantitative estimate of drug-likeness (QED) is 0.213. The van der Waals surface area contributed by atoms with E-state index in [0.29, 0.717) is 6.54 Å². The molecule has 0 atom stereocenters. The van der Waals surface area contributed by atoms with Crippen LogP contribution in [0.5, 0.6) is 0 Å². The minimum atomic E-state index is -3.62. The van der Waals surface area contributed by atoms with Gasteiger partial charge in [0.05, 0.1) is 6.54 Å². The molecule has 0 aliphatic carbocycles. The summed E-state index contributed by atoms with van der Waals surface area (Å²) in [5.41, 5.74) is 0. The van der Waals surface area contributed by atoms with Gasteiger partial charge in [-0.05, 0) is 43.9 Å². The number of sulfonamides is 1. The number of primary sulfonamides is 1. The molecule has 4 N–H and O–H groups in total. The van der Waals surface area contributed by atoms with Gasteiger partial charge >= 0.3 is 0 Å². The number of aliphatic imine (C=N–C) groups is 1. The number of thioether (sulfide) groups is 1. The zero-order valence-electron chi connectivity index (χ0n) is 13.4. The molecular weight excluding hydrogens is 467 g/mol. The van der Waals surface area contributed by atoms with Crippen LogP contribution in [0.4, 0.5) is 0 Å². The maximum absolute atomic E-state index is 11.2. The lowest BCUT2D eigenvalue weighted by atomic mass is 10.3. The smallest absolute Gasteiger partial charge is 0.247 e. The first-order valence-electron chi connectivity index (χ1n) is 7.10. The molecule has 6 nitrogen and oxygen atoms in total. The highest BCUT2D eigenvalue weighted by Gasteiger charge is 2.10. The molecular formula is C13H25IN4O2S3. The van der Waals surface area contributed by atoms with E-state index >= 15 is 0 Å². The molecule has 0 saturated carbocycles. The number of nitrogens with zero attached hydrogens (tertiary/aromatic N) is 1. The molecule has 0 spiro atoms. The van der Waals surface area contributed by atoms with Crippen molar-refractivity contribution in [2.75, 3.05) is 25.1 Å². The van der Waals surface area contributed by atoms with Crippen LogP contribution in [0.3, 0.4) is 0 Å². The van der Waals surface area contributed by atoms with Gasteiger partial charge in [0.25, 0.3) is 0 Å². The van der Waals surface area contributed by atoms with Crippen molar-refractivity contribution in [3.8, 4) is 0 Å². The molecule has 0 aromatic carbocycles. The van der Waals surface area contributed by atoms with Crippen molar-refractivity contribution in [2.24, 2.45) is 10.1 Å². The fraction of sp³-hybridized carbons (Fsp3) is 0.615. The van der Waals surface area contributed by atoms with Gasteiger partial charge in [0.2, 0.25) is 10.0 Å². The van der Waals surface area contributed by atoms with E-state index in [2.05, 4.69) is 21.9 Å². The van der Waals surface area contributed by atoms with Crippen LogP contribution in [-0.2, 0) is 16.6 Å². The summed E-state index contributed by atoms with van der Waals surface area (Å²) in [5, 5.41) is 11.6. The van der Waals surface area contributed by atoms with E-state index in [9.17, 15) is 8.42 Å². The van der Waals surface area contributed by atoms with Gasteiger partial charge in [-0.2, -0.15) is 11.8 Å². The Morgan fingerprint density at radius 2 is 2.09 bits per heavy atom. The van der Waals surface area contributed by atoms with E-state index in [1.54, 1.807) is 6.07 Å². The molecule has 1 rings (SSSR count). The van der Waals surface area contributed by atoms with Gasteiger partial charge < -0.3 is 10.6 Å². The predicted molar refractivity (Wildman–Crippen MR) is 112 cm³/mol. The van der Waals surface area contributed by atoms with Crippen LogP contribution in [0.2, 0.25) is 0 Å². The third-order valence-corrected chi connectivity index (χ3v) is 5.93. The summed E-state index contributed by atoms with van der Waals surface area (Å²) in [7, 11) is -3.62. The average Bonchev–Trinajstić information content (AvgIpc) is 2.93. The number of nitrogens with two attached hydrogens (primary N) is 1. The van der Waals surface area contributed by atoms with Gasteiger partial charge in [0.15, 0.2) is 5.96 Å². The number of guanidine groups is 1. The van der Waals surface area contributed by atoms with Gasteiger partial charge in [-0.3, -0.25) is 0 Å². The SMILES string of the molecule is CCNC(=NCc1ccc(S(N)(=O)=O)s1)NCCCCSC.I. The van der Waals surface area contributed by atoms with Gasteiger partial charge in [0.1, 0.15) is 4.21 Å². The molecule has 134 valence electrons. The molecule has 0 radical (unpaired) electrons. The highest BCUT2D eigenvalue weighted by Crippen LogP contribution is 2.20. The molecule has 10 heteroatoms. The van der Waals surface area contributed by atoms with Crippen LogP contribution in [0, 0.1) is 0 Å². The van der Waals surface area contributed by atoms with Crippen molar-refractivity contribution in [1.29, 1.82) is 0 Å². The van der Waals surface area contributed by atoms with Crippen LogP contribution in [0.25, 0.3) is 0 Å². The first-order chi connectivity index (χ1) is 10.5. The van der Waals surface area contributed by atoms with Gasteiger partial charge in [-0.1, -0.05) is 0 Å². The molecule has 0 aliphatic rings. The second-order valence-corrected chi connectivity index (χ2v) is 8.53. The molecule has 0 saturated heterocycles. The normalized spacial score (nSPS) is 11.9. The topological polar surface area (TPSA) is 96.6 Å². The van der Waals surface area contributed by atoms with E-state index < -0.39 is 10.0 Å². The zero-order valence-corrected chi connectivity index (χ0v) is 18.2. The number of nitrogens with one attached hydrogen (secondary N) is 2. The number of hydrogen-bond acceptors (Lipinski definition) is 5. The van der Waals surface area contributed by atoms with Crippen LogP contribution in [-0.4, -0.2) is 39.5 Å². The molecule has 23 heavy (non-hydrogen) atoms. The van der Waals surface area contributed by atoms with Gasteiger partial charge in [-0.15, -0.1) is 35.3 Å². The van der Waals surface area contributed by atoms with Crippen molar-refractivity contribution in [2.45, 2.75) is 30.5 Å². The molecule has 0 aliphatic heterocycles. The van der Waals surface area contributed by atoms with E-state index in [1.807, 2.05) is 18.7 Å². The number of unbranched alkanes of at least 4 members (excludes halogenated alkanes) is 1. The zero-order chi connectivity index (χ0) is 16.4. The van der Waals surface area contributed by atoms with Gasteiger partial charge in [-0.25, -0.2) is 18.5 Å². The maximum Gasteiger partial charge on any atom is 0.247 e. The first kappa shape index (κ1) is 23.0. The molecule has 0 bridgehead atoms. The van der Waals surface area contributed by atoms with Crippen molar-refractivity contribution < 1.29 is 8.42 Å². The van der Waals surface area contributed by atoms with Crippen molar-refractivity contribution in [3.05, 3.63) is 17.0 Å². The standard InChI is InChI=1S/C13H24N4O2S3.HI/c1-3-15-13(16-8-4-5-9-20-2)17-10-11-6-7-12(21-11)22(14,18)19;/h6-7H,3-5,8-10H2,1-2H3,(H2,14,18,19)(H2,15,16,17);1H. The highest BCUT2D eigenvalue weighted by atomic mass is 127. The lowest BCUT2D eigenvalue weighted by Gasteiger charge is -2.10. The third kappa shape index (κ3) is 9.75. The van der Waals surface area contributed by atoms with Crippen molar-refractivity contribution in [1.82, 2.24) is 10.6 Å². The van der Waals surface area contributed by atoms with Crippen LogP contribution in [0.15, 0.2) is 21.3 Å². The third-order valence-electron chi connectivity index (χ3n) is 2.72. The predicted octanol–water partition coefficient (Wildman–Crippen LogP) is 2.21. The Balaban J connectivity index is 0.00000484. The molecule has 1 aromatic rings. The summed E-state index contributed by atoms with van der Waals surface area (Å²) in [6, 6.07) is 3.27. The Hall–Kier alpha value is -0.0400. The van der Waals surface area contributed by atoms with E-state index in [4.69, 9.17) is 5.14 Å². The van der Waals surface area contributed by atoms with Crippen LogP contribution in [0.1, 0.15) is 24.6 Å². The number of rotatable bonds is 9. The number of hydrogen-bond donors (Lipinski definition) is 3. The summed E-state index contributed by atoms with van der Waals surface area (Å²) in [6.45, 7) is 4.10. The van der Waals surface area contributed by atoms with Crippen molar-refractivity contribution >= 4 is 63.1 Å². The number of thiophene rings is 1. The second-order valence-electron chi connectivity index (χ2n) is 4.59. The Labute approximate surface area is 164 Å². The molecule has 0 amide bonds. The lowest BCUT2D eigenvalue weighted by Crippen LogP contribution is -2.37. The van der Waals surface area contributed by atoms with E-state index in [-0.39, 0.29) is 28.2 Å². The van der Waals surface area contributed by atoms with Crippen LogP contribution >= 0.6 is 47.1 Å². The first-order valence-corrected chi connectivity index (χ1v) is 10.9. The molecule has 0 fully saturated rings. The Bertz CT molecular complexity index is 576. The van der Waals surface area contributed by atoms with E-state index in [1.165, 1.54) is 18.2 Å². The maximum atomic E-state index is 11.2. The van der Waals surface area contributed by atoms with E-state index in [0.717, 1.165) is 41.7 Å². The summed E-state index contributed by atoms with van der Waals surface area (Å²) < 4.78 is 22.7. The second kappa shape index (κ2) is 12.3. The number of halogens is 1. The minimum absolute atomic E-state index is 0. The fourth-order valence-corrected chi connectivity index (χ4v) is 3.87. The Kier molecular flexibility index (Phi) is 12.3. The lowest BCUT2D eigenvalue weighted by molar-refractivity contribution is 0.600. The molecule has 1 aromatic heterocycles. The van der Waals surface area contributed by atoms with Crippen molar-refractivity contribution in [3.63, 3.8) is 0 Å². The molecule has 0 unspecified atom stereocenters. The Morgan fingerprint density at radius 3 is 2.65 bits per heavy atom. The fourth-order valence-electron chi connectivity index (χ4n) is 1.67. The summed E-state index contributed by atoms with van der Waals surface area (Å²) >= 11 is 3.01. The summed E-state index contributed by atoms with van der Waals surface area (Å²) in [4.78, 5) is 5.33. The Morgan fingerprint density at radius 1 is 1.35 bits per heavy atom.